The summed E-state index contributed by atoms with van der Waals surface area (Å²) in [6.45, 7) is 11.6. The van der Waals surface area contributed by atoms with Gasteiger partial charge in [-0.25, -0.2) is 0 Å². The maximum atomic E-state index is 12.0. The Morgan fingerprint density at radius 2 is 1.62 bits per heavy atom. The number of carbonyl (C=O) groups is 2. The van der Waals surface area contributed by atoms with E-state index in [4.69, 9.17) is 0 Å². The number of hydrogen-bond donors (Lipinski definition) is 2. The summed E-state index contributed by atoms with van der Waals surface area (Å²) in [5, 5.41) is 6.56. The molecule has 0 atom stereocenters. The maximum absolute atomic E-state index is 12.0. The molecular formula is C15H29N3O3. The van der Waals surface area contributed by atoms with Crippen molar-refractivity contribution < 1.29 is 14.3 Å². The molecule has 6 nitrogen and oxygen atoms in total. The van der Waals surface area contributed by atoms with Crippen LogP contribution in [0.1, 0.15) is 33.6 Å². The molecule has 2 N–H and O–H groups in total. The molecule has 2 aliphatic heterocycles. The number of nitrogens with one attached hydrogen (secondary N) is 2. The highest BCUT2D eigenvalue weighted by molar-refractivity contribution is 5.79. The SMILES string of the molecule is CC(C)(C)OC=O.O=C(C1CCNCC1)N1CCNCC1. The number of piperidine rings is 1. The Bertz CT molecular complexity index is 297. The topological polar surface area (TPSA) is 70.7 Å². The zero-order chi connectivity index (χ0) is 15.7. The lowest BCUT2D eigenvalue weighted by Crippen LogP contribution is -2.49. The fraction of sp³-hybridized carbons (Fsp3) is 0.867. The zero-order valence-corrected chi connectivity index (χ0v) is 13.5. The number of ether oxygens (including phenoxy) is 1. The lowest BCUT2D eigenvalue weighted by atomic mass is 9.96. The molecule has 2 saturated heterocycles. The first-order valence-electron chi connectivity index (χ1n) is 7.76. The maximum Gasteiger partial charge on any atom is 0.293 e. The smallest absolute Gasteiger partial charge is 0.293 e. The van der Waals surface area contributed by atoms with E-state index in [9.17, 15) is 9.59 Å². The Labute approximate surface area is 127 Å². The Morgan fingerprint density at radius 1 is 1.10 bits per heavy atom. The van der Waals surface area contributed by atoms with Gasteiger partial charge in [-0.15, -0.1) is 0 Å². The molecule has 21 heavy (non-hydrogen) atoms. The first-order chi connectivity index (χ1) is 9.94. The summed E-state index contributed by atoms with van der Waals surface area (Å²) in [5.74, 6) is 0.669. The molecule has 0 aromatic rings. The van der Waals surface area contributed by atoms with Crippen LogP contribution in [0.2, 0.25) is 0 Å². The van der Waals surface area contributed by atoms with Crippen LogP contribution < -0.4 is 10.6 Å². The average Bonchev–Trinajstić information content (AvgIpc) is 2.48. The first-order valence-corrected chi connectivity index (χ1v) is 7.76. The minimum absolute atomic E-state index is 0.286. The second-order valence-corrected chi connectivity index (χ2v) is 6.43. The van der Waals surface area contributed by atoms with Crippen molar-refractivity contribution in [2.24, 2.45) is 5.92 Å². The molecule has 0 spiro atoms. The van der Waals surface area contributed by atoms with Gasteiger partial charge in [-0.2, -0.15) is 0 Å². The van der Waals surface area contributed by atoms with Gasteiger partial charge < -0.3 is 20.3 Å². The van der Waals surface area contributed by atoms with Crippen LogP contribution in [0, 0.1) is 5.92 Å². The lowest BCUT2D eigenvalue weighted by molar-refractivity contribution is -0.139. The van der Waals surface area contributed by atoms with Crippen molar-refractivity contribution in [1.29, 1.82) is 0 Å². The van der Waals surface area contributed by atoms with Gasteiger partial charge in [0, 0.05) is 32.1 Å². The van der Waals surface area contributed by atoms with Crippen molar-refractivity contribution >= 4 is 12.4 Å². The predicted molar refractivity (Wildman–Crippen MR) is 81.9 cm³/mol. The van der Waals surface area contributed by atoms with E-state index in [2.05, 4.69) is 15.4 Å². The minimum Gasteiger partial charge on any atom is -0.462 e. The van der Waals surface area contributed by atoms with E-state index >= 15 is 0 Å². The summed E-state index contributed by atoms with van der Waals surface area (Å²) in [7, 11) is 0. The third-order valence-corrected chi connectivity index (χ3v) is 3.52. The molecule has 0 bridgehead atoms. The van der Waals surface area contributed by atoms with E-state index in [1.807, 2.05) is 25.7 Å². The third kappa shape index (κ3) is 7.43. The monoisotopic (exact) mass is 299 g/mol. The van der Waals surface area contributed by atoms with Crippen LogP contribution >= 0.6 is 0 Å². The Kier molecular flexibility index (Phi) is 7.67. The van der Waals surface area contributed by atoms with Gasteiger partial charge in [0.15, 0.2) is 0 Å². The van der Waals surface area contributed by atoms with Crippen molar-refractivity contribution in [2.45, 2.75) is 39.2 Å². The van der Waals surface area contributed by atoms with Gasteiger partial charge in [0.05, 0.1) is 0 Å². The summed E-state index contributed by atoms with van der Waals surface area (Å²) in [6, 6.07) is 0. The first kappa shape index (κ1) is 17.9. The summed E-state index contributed by atoms with van der Waals surface area (Å²) >= 11 is 0. The van der Waals surface area contributed by atoms with Gasteiger partial charge in [0.1, 0.15) is 5.60 Å². The minimum atomic E-state index is -0.318. The van der Waals surface area contributed by atoms with Gasteiger partial charge in [0.25, 0.3) is 6.47 Å². The van der Waals surface area contributed by atoms with E-state index in [0.29, 0.717) is 12.4 Å². The number of hydrogen-bond acceptors (Lipinski definition) is 5. The molecule has 0 aliphatic carbocycles. The normalized spacial score (nSPS) is 20.2. The van der Waals surface area contributed by atoms with Gasteiger partial charge in [-0.1, -0.05) is 0 Å². The molecule has 6 heteroatoms. The van der Waals surface area contributed by atoms with Gasteiger partial charge in [0.2, 0.25) is 5.91 Å². The molecule has 0 radical (unpaired) electrons. The molecule has 122 valence electrons. The predicted octanol–water partition coefficient (Wildman–Crippen LogP) is 0.376. The van der Waals surface area contributed by atoms with Gasteiger partial charge in [-0.3, -0.25) is 9.59 Å². The largest absolute Gasteiger partial charge is 0.462 e. The third-order valence-electron chi connectivity index (χ3n) is 3.52. The standard InChI is InChI=1S/C10H19N3O.C5H10O2/c14-10(9-1-3-11-4-2-9)13-7-5-12-6-8-13;1-5(2,3)7-4-6/h9,11-12H,1-8H2;4H,1-3H3. The van der Waals surface area contributed by atoms with Crippen LogP contribution in [0.15, 0.2) is 0 Å². The van der Waals surface area contributed by atoms with Crippen molar-refractivity contribution in [1.82, 2.24) is 15.5 Å². The van der Waals surface area contributed by atoms with Crippen LogP contribution in [-0.4, -0.2) is 62.1 Å². The molecule has 0 saturated carbocycles. The summed E-state index contributed by atoms with van der Waals surface area (Å²) in [6.07, 6.45) is 2.03. The highest BCUT2D eigenvalue weighted by Crippen LogP contribution is 2.15. The molecule has 1 amide bonds. The van der Waals surface area contributed by atoms with Crippen LogP contribution in [0.4, 0.5) is 0 Å². The zero-order valence-electron chi connectivity index (χ0n) is 13.5. The van der Waals surface area contributed by atoms with E-state index in [1.54, 1.807) is 0 Å². The van der Waals surface area contributed by atoms with Crippen LogP contribution in [0.25, 0.3) is 0 Å². The molecule has 2 fully saturated rings. The average molecular weight is 299 g/mol. The Balaban J connectivity index is 0.000000270. The van der Waals surface area contributed by atoms with Gasteiger partial charge in [-0.05, 0) is 46.7 Å². The lowest BCUT2D eigenvalue weighted by Gasteiger charge is -2.32. The Morgan fingerprint density at radius 3 is 2.05 bits per heavy atom. The van der Waals surface area contributed by atoms with Gasteiger partial charge >= 0.3 is 0 Å². The summed E-state index contributed by atoms with van der Waals surface area (Å²) in [4.78, 5) is 23.6. The number of rotatable bonds is 2. The van der Waals surface area contributed by atoms with E-state index in [0.717, 1.165) is 52.1 Å². The number of carbonyl (C=O) groups excluding carboxylic acids is 2. The van der Waals surface area contributed by atoms with Crippen LogP contribution in [-0.2, 0) is 14.3 Å². The second kappa shape index (κ2) is 9.00. The molecular weight excluding hydrogens is 270 g/mol. The van der Waals surface area contributed by atoms with E-state index < -0.39 is 0 Å². The molecule has 2 rings (SSSR count). The van der Waals surface area contributed by atoms with Crippen molar-refractivity contribution in [3.8, 4) is 0 Å². The fourth-order valence-electron chi connectivity index (χ4n) is 2.36. The number of amides is 1. The van der Waals surface area contributed by atoms with Crippen molar-refractivity contribution in [3.05, 3.63) is 0 Å². The highest BCUT2D eigenvalue weighted by atomic mass is 16.5. The number of nitrogens with zero attached hydrogens (tertiary/aromatic N) is 1. The molecule has 0 unspecified atom stereocenters. The molecule has 2 aliphatic rings. The fourth-order valence-corrected chi connectivity index (χ4v) is 2.36. The quantitative estimate of drug-likeness (QED) is 0.721. The Hall–Kier alpha value is -1.14. The van der Waals surface area contributed by atoms with Crippen LogP contribution in [0.3, 0.4) is 0 Å². The second-order valence-electron chi connectivity index (χ2n) is 6.43. The molecule has 2 heterocycles. The van der Waals surface area contributed by atoms with E-state index in [1.165, 1.54) is 0 Å². The molecule has 0 aromatic heterocycles. The molecule has 0 aromatic carbocycles. The summed E-state index contributed by atoms with van der Waals surface area (Å²) < 4.78 is 4.55. The van der Waals surface area contributed by atoms with Crippen molar-refractivity contribution in [3.63, 3.8) is 0 Å². The van der Waals surface area contributed by atoms with Crippen LogP contribution in [0.5, 0.6) is 0 Å². The highest BCUT2D eigenvalue weighted by Gasteiger charge is 2.26. The van der Waals surface area contributed by atoms with Crippen molar-refractivity contribution in [2.75, 3.05) is 39.3 Å². The number of piperazine rings is 1. The van der Waals surface area contributed by atoms with E-state index in [-0.39, 0.29) is 11.5 Å². The summed E-state index contributed by atoms with van der Waals surface area (Å²) in [5.41, 5.74) is -0.318.